The first-order valence-electron chi connectivity index (χ1n) is 13.3. The van der Waals surface area contributed by atoms with Crippen molar-refractivity contribution in [2.24, 2.45) is 17.3 Å². The molecule has 8 heteroatoms. The Morgan fingerprint density at radius 3 is 2.39 bits per heavy atom. The van der Waals surface area contributed by atoms with E-state index >= 15 is 0 Å². The maximum atomic E-state index is 13.8. The number of likely N-dealkylation sites (N-methyl/N-ethyl adjacent to an activating group) is 1. The van der Waals surface area contributed by atoms with Gasteiger partial charge in [0.25, 0.3) is 5.91 Å². The van der Waals surface area contributed by atoms with Crippen molar-refractivity contribution in [1.29, 1.82) is 0 Å². The van der Waals surface area contributed by atoms with Crippen molar-refractivity contribution < 1.29 is 19.1 Å². The van der Waals surface area contributed by atoms with Crippen LogP contribution in [-0.2, 0) is 14.3 Å². The average molecular weight is 500 g/mol. The molecule has 8 nitrogen and oxygen atoms in total. The monoisotopic (exact) mass is 499 g/mol. The number of piperazine rings is 1. The number of hydrogen-bond acceptors (Lipinski definition) is 5. The summed E-state index contributed by atoms with van der Waals surface area (Å²) in [7, 11) is 2.22. The first-order chi connectivity index (χ1) is 16.9. The van der Waals surface area contributed by atoms with E-state index in [4.69, 9.17) is 4.74 Å². The Balaban J connectivity index is 1.51. The molecule has 0 unspecified atom stereocenters. The van der Waals surface area contributed by atoms with Crippen LogP contribution in [0.25, 0.3) is 0 Å². The summed E-state index contributed by atoms with van der Waals surface area (Å²) in [6, 6.07) is 6.49. The van der Waals surface area contributed by atoms with E-state index in [-0.39, 0.29) is 47.6 Å². The van der Waals surface area contributed by atoms with Gasteiger partial charge in [-0.1, -0.05) is 34.6 Å². The number of amides is 2. The highest BCUT2D eigenvalue weighted by molar-refractivity contribution is 5.99. The van der Waals surface area contributed by atoms with Gasteiger partial charge in [0.05, 0.1) is 26.2 Å². The second-order valence-corrected chi connectivity index (χ2v) is 12.4. The second kappa shape index (κ2) is 10.2. The van der Waals surface area contributed by atoms with E-state index in [1.807, 2.05) is 38.1 Å². The van der Waals surface area contributed by atoms with Gasteiger partial charge in [-0.25, -0.2) is 0 Å². The summed E-state index contributed by atoms with van der Waals surface area (Å²) >= 11 is 0. The molecule has 0 spiro atoms. The van der Waals surface area contributed by atoms with Gasteiger partial charge in [-0.05, 0) is 42.0 Å². The van der Waals surface area contributed by atoms with Crippen molar-refractivity contribution in [2.75, 3.05) is 46.4 Å². The van der Waals surface area contributed by atoms with Gasteiger partial charge in [0, 0.05) is 31.1 Å². The first-order valence-corrected chi connectivity index (χ1v) is 13.3. The number of quaternary nitrogens is 1. The quantitative estimate of drug-likeness (QED) is 0.586. The second-order valence-electron chi connectivity index (χ2n) is 12.4. The molecule has 3 fully saturated rings. The molecule has 4 rings (SSSR count). The van der Waals surface area contributed by atoms with Crippen LogP contribution in [-0.4, -0.2) is 87.1 Å². The van der Waals surface area contributed by atoms with E-state index in [1.54, 1.807) is 4.90 Å². The highest BCUT2D eigenvalue weighted by Crippen LogP contribution is 2.41. The maximum absolute atomic E-state index is 13.8. The number of carbonyl (C=O) groups excluding carboxylic acids is 3. The topological polar surface area (TPSA) is 87.7 Å². The number of fused-ring (bicyclic) bond motifs is 1. The highest BCUT2D eigenvalue weighted by Gasteiger charge is 2.55. The lowest BCUT2D eigenvalue weighted by Gasteiger charge is -2.37. The van der Waals surface area contributed by atoms with Gasteiger partial charge in [0.2, 0.25) is 5.91 Å². The molecule has 3 saturated heterocycles. The summed E-state index contributed by atoms with van der Waals surface area (Å²) in [6.07, 6.45) is 0.229. The molecule has 2 N–H and O–H groups in total. The van der Waals surface area contributed by atoms with Crippen LogP contribution in [0.4, 0.5) is 5.69 Å². The molecular formula is C28H43N4O4+. The number of ether oxygens (including phenoxy) is 1. The number of carbonyl (C=O) groups is 3. The molecule has 1 aromatic carbocycles. The zero-order valence-corrected chi connectivity index (χ0v) is 22.7. The molecule has 3 aliphatic heterocycles. The Bertz CT molecular complexity index is 978. The van der Waals surface area contributed by atoms with Gasteiger partial charge in [-0.3, -0.25) is 18.9 Å². The molecule has 3 heterocycles. The third kappa shape index (κ3) is 5.36. The predicted molar refractivity (Wildman–Crippen MR) is 141 cm³/mol. The number of likely N-dealkylation sites (tertiary alicyclic amines) is 1. The highest BCUT2D eigenvalue weighted by atomic mass is 16.5. The minimum absolute atomic E-state index is 0.0464. The average Bonchev–Trinajstić information content (AvgIpc) is 3.39. The van der Waals surface area contributed by atoms with E-state index in [9.17, 15) is 14.4 Å². The summed E-state index contributed by atoms with van der Waals surface area (Å²) in [5.41, 5.74) is 1.61. The van der Waals surface area contributed by atoms with Crippen molar-refractivity contribution >= 4 is 23.3 Å². The Morgan fingerprint density at radius 2 is 1.81 bits per heavy atom. The zero-order chi connectivity index (χ0) is 26.3. The lowest BCUT2D eigenvalue weighted by Crippen LogP contribution is -2.57. The molecule has 0 aliphatic carbocycles. The molecular weight excluding hydrogens is 456 g/mol. The molecule has 1 aromatic rings. The summed E-state index contributed by atoms with van der Waals surface area (Å²) < 4.78 is 6.69. The molecule has 0 aromatic heterocycles. The Morgan fingerprint density at radius 1 is 1.17 bits per heavy atom. The SMILES string of the molecule is CC(C)C[C@H](NC(=O)c1ccc([N+]2(C)CCNCC2)cc1)C(=O)N1C[C@@H](C(C)(C)C)[C@H]2OCC(=O)[C@H]21. The minimum atomic E-state index is -0.692. The van der Waals surface area contributed by atoms with E-state index in [2.05, 4.69) is 38.5 Å². The molecule has 198 valence electrons. The molecule has 0 saturated carbocycles. The molecule has 0 bridgehead atoms. The molecule has 3 aliphatic rings. The van der Waals surface area contributed by atoms with Gasteiger partial charge in [-0.2, -0.15) is 0 Å². The summed E-state index contributed by atoms with van der Waals surface area (Å²) in [6.45, 7) is 14.9. The summed E-state index contributed by atoms with van der Waals surface area (Å²) in [5, 5.41) is 6.39. The number of nitrogens with zero attached hydrogens (tertiary/aromatic N) is 2. The van der Waals surface area contributed by atoms with E-state index in [1.165, 1.54) is 5.69 Å². The third-order valence-corrected chi connectivity index (χ3v) is 8.21. The van der Waals surface area contributed by atoms with Gasteiger partial charge in [0.15, 0.2) is 5.78 Å². The Hall–Kier alpha value is -2.29. The lowest BCUT2D eigenvalue weighted by molar-refractivity contribution is -0.138. The molecule has 2 amide bonds. The van der Waals surface area contributed by atoms with Crippen LogP contribution < -0.4 is 15.1 Å². The lowest BCUT2D eigenvalue weighted by atomic mass is 9.78. The van der Waals surface area contributed by atoms with Gasteiger partial charge >= 0.3 is 0 Å². The van der Waals surface area contributed by atoms with Crippen molar-refractivity contribution in [3.05, 3.63) is 29.8 Å². The molecule has 0 radical (unpaired) electrons. The van der Waals surface area contributed by atoms with Gasteiger partial charge in [-0.15, -0.1) is 0 Å². The fraction of sp³-hybridized carbons (Fsp3) is 0.679. The number of Topliss-reactive ketones (excluding diaryl/α,β-unsaturated/α-hetero) is 1. The van der Waals surface area contributed by atoms with Crippen molar-refractivity contribution in [3.63, 3.8) is 0 Å². The van der Waals surface area contributed by atoms with Crippen molar-refractivity contribution in [3.8, 4) is 0 Å². The van der Waals surface area contributed by atoms with E-state index in [0.717, 1.165) is 30.7 Å². The molecule has 4 atom stereocenters. The standard InChI is InChI=1S/C28H42N4O4/c1-18(2)15-22(27(35)31-16-21(28(3,4)5)25-24(31)23(33)17-36-25)30-26(34)19-7-9-20(10-8-19)32(6)13-11-29-12-14-32/h7-10,18,21-22,24-25,29H,11-17H2,1-6H3/p+1/t21-,22+,24-,25-/m1/s1. The van der Waals surface area contributed by atoms with Crippen molar-refractivity contribution in [1.82, 2.24) is 20.0 Å². The van der Waals surface area contributed by atoms with Gasteiger partial charge < -0.3 is 20.3 Å². The van der Waals surface area contributed by atoms with Crippen LogP contribution in [0.3, 0.4) is 0 Å². The first kappa shape index (κ1) is 26.8. The number of nitrogens with one attached hydrogen (secondary N) is 2. The number of ketones is 1. The van der Waals surface area contributed by atoms with Crippen molar-refractivity contribution in [2.45, 2.75) is 59.2 Å². The molecule has 36 heavy (non-hydrogen) atoms. The van der Waals surface area contributed by atoms with E-state index < -0.39 is 12.1 Å². The maximum Gasteiger partial charge on any atom is 0.251 e. The predicted octanol–water partition coefficient (Wildman–Crippen LogP) is 2.21. The summed E-state index contributed by atoms with van der Waals surface area (Å²) in [5.74, 6) is -0.231. The van der Waals surface area contributed by atoms with Crippen LogP contribution >= 0.6 is 0 Å². The van der Waals surface area contributed by atoms with Crippen LogP contribution in [0.1, 0.15) is 51.4 Å². The Labute approximate surface area is 215 Å². The number of benzene rings is 1. The van der Waals surface area contributed by atoms with E-state index in [0.29, 0.717) is 18.5 Å². The summed E-state index contributed by atoms with van der Waals surface area (Å²) in [4.78, 5) is 41.4. The van der Waals surface area contributed by atoms with Crippen LogP contribution in [0.15, 0.2) is 24.3 Å². The minimum Gasteiger partial charge on any atom is -0.367 e. The third-order valence-electron chi connectivity index (χ3n) is 8.21. The number of rotatable bonds is 6. The fourth-order valence-corrected chi connectivity index (χ4v) is 5.90. The van der Waals surface area contributed by atoms with Crippen LogP contribution in [0.2, 0.25) is 0 Å². The van der Waals surface area contributed by atoms with Crippen LogP contribution in [0, 0.1) is 17.3 Å². The van der Waals surface area contributed by atoms with Gasteiger partial charge in [0.1, 0.15) is 24.4 Å². The normalized spacial score (nSPS) is 26.7. The fourth-order valence-electron chi connectivity index (χ4n) is 5.90. The zero-order valence-electron chi connectivity index (χ0n) is 22.7. The smallest absolute Gasteiger partial charge is 0.251 e. The number of hydrogen-bond donors (Lipinski definition) is 2. The Kier molecular flexibility index (Phi) is 7.60. The largest absolute Gasteiger partial charge is 0.367 e. The van der Waals surface area contributed by atoms with Crippen LogP contribution in [0.5, 0.6) is 0 Å².